The Bertz CT molecular complexity index is 817. The summed E-state index contributed by atoms with van der Waals surface area (Å²) in [5, 5.41) is 0. The molecule has 0 bridgehead atoms. The number of hydrogen-bond acceptors (Lipinski definition) is 1. The van der Waals surface area contributed by atoms with E-state index >= 15 is 0 Å². The van der Waals surface area contributed by atoms with E-state index in [2.05, 4.69) is 117 Å². The molecule has 0 saturated heterocycles. The number of hydrogen-bond donors (Lipinski definition) is 0. The van der Waals surface area contributed by atoms with Crippen LogP contribution < -0.4 is 4.90 Å². The lowest BCUT2D eigenvalue weighted by atomic mass is 9.78. The Morgan fingerprint density at radius 3 is 1.77 bits per heavy atom. The van der Waals surface area contributed by atoms with Crippen molar-refractivity contribution >= 4 is 11.4 Å². The normalized spacial score (nSPS) is 17.3. The van der Waals surface area contributed by atoms with Crippen molar-refractivity contribution in [3.05, 3.63) is 89.5 Å². The van der Waals surface area contributed by atoms with Crippen LogP contribution in [0.4, 0.5) is 5.69 Å². The third-order valence-electron chi connectivity index (χ3n) is 5.08. The fourth-order valence-corrected chi connectivity index (χ4v) is 3.45. The van der Waals surface area contributed by atoms with E-state index in [1.54, 1.807) is 0 Å². The molecule has 2 heteroatoms. The first-order valence-corrected chi connectivity index (χ1v) is 9.20. The van der Waals surface area contributed by atoms with Crippen LogP contribution in [0, 0.1) is 12.8 Å². The summed E-state index contributed by atoms with van der Waals surface area (Å²) >= 11 is 0. The molecule has 0 spiro atoms. The second-order valence-electron chi connectivity index (χ2n) is 7.49. The first kappa shape index (κ1) is 18.2. The maximum atomic E-state index is 2.33. The Balaban J connectivity index is 2.00. The highest BCUT2D eigenvalue weighted by atomic mass is 15.1. The molecular weight excluding hydrogens is 316 g/mol. The van der Waals surface area contributed by atoms with E-state index in [0.717, 1.165) is 0 Å². The van der Waals surface area contributed by atoms with Gasteiger partial charge in [-0.25, -0.2) is 4.58 Å². The molecule has 134 valence electrons. The number of aryl methyl sites for hydroxylation is 1. The van der Waals surface area contributed by atoms with Crippen LogP contribution in [0.15, 0.2) is 72.8 Å². The molecule has 0 heterocycles. The van der Waals surface area contributed by atoms with Gasteiger partial charge in [0.2, 0.25) is 0 Å². The van der Waals surface area contributed by atoms with Crippen LogP contribution in [0.3, 0.4) is 0 Å². The van der Waals surface area contributed by atoms with E-state index in [-0.39, 0.29) is 0 Å². The predicted molar refractivity (Wildman–Crippen MR) is 113 cm³/mol. The Morgan fingerprint density at radius 2 is 1.31 bits per heavy atom. The van der Waals surface area contributed by atoms with E-state index in [9.17, 15) is 0 Å². The minimum absolute atomic E-state index is 0.322. The zero-order chi connectivity index (χ0) is 18.7. The lowest BCUT2D eigenvalue weighted by Gasteiger charge is -2.25. The third kappa shape index (κ3) is 3.96. The van der Waals surface area contributed by atoms with Crippen LogP contribution in [0.2, 0.25) is 0 Å². The summed E-state index contributed by atoms with van der Waals surface area (Å²) < 4.78 is 2.15. The van der Waals surface area contributed by atoms with Crippen LogP contribution in [-0.2, 0) is 0 Å². The molecule has 1 aliphatic carbocycles. The lowest BCUT2D eigenvalue weighted by molar-refractivity contribution is -0.462. The summed E-state index contributed by atoms with van der Waals surface area (Å²) in [5.74, 6) is 0.676. The predicted octanol–water partition coefficient (Wildman–Crippen LogP) is 4.65. The van der Waals surface area contributed by atoms with Crippen molar-refractivity contribution in [1.29, 1.82) is 0 Å². The highest BCUT2D eigenvalue weighted by molar-refractivity contribution is 6.01. The molecule has 0 N–H and O–H groups in total. The second kappa shape index (κ2) is 7.74. The van der Waals surface area contributed by atoms with Gasteiger partial charge >= 0.3 is 0 Å². The maximum Gasteiger partial charge on any atom is 0.198 e. The summed E-state index contributed by atoms with van der Waals surface area (Å²) in [4.78, 5) is 2.14. The Kier molecular flexibility index (Phi) is 5.41. The van der Waals surface area contributed by atoms with Gasteiger partial charge in [-0.15, -0.1) is 0 Å². The molecule has 0 saturated carbocycles. The third-order valence-corrected chi connectivity index (χ3v) is 5.08. The highest BCUT2D eigenvalue weighted by Crippen LogP contribution is 2.36. The fourth-order valence-electron chi connectivity index (χ4n) is 3.45. The molecule has 0 aromatic heterocycles. The number of rotatable bonds is 4. The Morgan fingerprint density at radius 1 is 0.808 bits per heavy atom. The lowest BCUT2D eigenvalue weighted by Crippen LogP contribution is -2.17. The molecule has 2 aromatic rings. The van der Waals surface area contributed by atoms with Crippen LogP contribution >= 0.6 is 0 Å². The smallest absolute Gasteiger partial charge is 0.198 e. The molecule has 1 aliphatic rings. The number of allylic oxidation sites excluding steroid dienone is 4. The molecule has 0 fully saturated rings. The van der Waals surface area contributed by atoms with E-state index < -0.39 is 0 Å². The molecule has 2 aromatic carbocycles. The van der Waals surface area contributed by atoms with Crippen molar-refractivity contribution in [1.82, 2.24) is 0 Å². The minimum Gasteiger partial charge on any atom is -0.378 e. The van der Waals surface area contributed by atoms with Crippen molar-refractivity contribution in [3.63, 3.8) is 0 Å². The number of anilines is 1. The van der Waals surface area contributed by atoms with Gasteiger partial charge in [0.25, 0.3) is 0 Å². The Labute approximate surface area is 157 Å². The van der Waals surface area contributed by atoms with Gasteiger partial charge < -0.3 is 4.90 Å². The van der Waals surface area contributed by atoms with E-state index in [1.165, 1.54) is 28.1 Å². The van der Waals surface area contributed by atoms with Crippen molar-refractivity contribution in [2.24, 2.45) is 5.92 Å². The molecule has 0 radical (unpaired) electrons. The second-order valence-corrected chi connectivity index (χ2v) is 7.49. The minimum atomic E-state index is 0.322. The van der Waals surface area contributed by atoms with E-state index in [4.69, 9.17) is 0 Å². The largest absolute Gasteiger partial charge is 0.378 e. The quantitative estimate of drug-likeness (QED) is 0.731. The molecular formula is C24H29N2+. The van der Waals surface area contributed by atoms with Crippen LogP contribution in [0.25, 0.3) is 0 Å². The molecule has 1 unspecified atom stereocenters. The van der Waals surface area contributed by atoms with E-state index in [0.29, 0.717) is 11.8 Å². The zero-order valence-electron chi connectivity index (χ0n) is 16.5. The molecule has 26 heavy (non-hydrogen) atoms. The summed E-state index contributed by atoms with van der Waals surface area (Å²) in [6, 6.07) is 17.9. The van der Waals surface area contributed by atoms with Gasteiger partial charge in [0.05, 0.1) is 0 Å². The average molecular weight is 346 g/mol. The molecule has 1 atom stereocenters. The summed E-state index contributed by atoms with van der Waals surface area (Å²) in [5.41, 5.74) is 6.49. The van der Waals surface area contributed by atoms with E-state index in [1.807, 2.05) is 0 Å². The summed E-state index contributed by atoms with van der Waals surface area (Å²) in [6.07, 6.45) is 9.14. The highest BCUT2D eigenvalue weighted by Gasteiger charge is 2.24. The number of nitrogens with zero attached hydrogens (tertiary/aromatic N) is 2. The SMILES string of the molecule is Cc1ccc(C(c2ccc(N(C)C)cc2)C2C=CC(=[N+](C)C)C=C2)cc1. The topological polar surface area (TPSA) is 6.25 Å². The number of benzene rings is 2. The van der Waals surface area contributed by atoms with Crippen molar-refractivity contribution in [2.45, 2.75) is 12.8 Å². The molecule has 2 nitrogen and oxygen atoms in total. The standard InChI is InChI=1S/C24H29N2/c1-18-6-8-19(9-7-18)24(20-10-14-22(15-11-20)25(2)3)21-12-16-23(17-13-21)26(4)5/h6-17,20,24H,1-5H3/q+1. The van der Waals surface area contributed by atoms with Gasteiger partial charge in [-0.05, 0) is 30.2 Å². The first-order chi connectivity index (χ1) is 12.5. The van der Waals surface area contributed by atoms with Gasteiger partial charge in [-0.3, -0.25) is 0 Å². The van der Waals surface area contributed by atoms with Gasteiger partial charge in [-0.1, -0.05) is 54.1 Å². The van der Waals surface area contributed by atoms with Gasteiger partial charge in [-0.2, -0.15) is 0 Å². The molecule has 0 aliphatic heterocycles. The van der Waals surface area contributed by atoms with Crippen molar-refractivity contribution in [3.8, 4) is 0 Å². The van der Waals surface area contributed by atoms with Crippen molar-refractivity contribution < 1.29 is 4.58 Å². The van der Waals surface area contributed by atoms with Crippen LogP contribution in [0.1, 0.15) is 22.6 Å². The summed E-state index contributed by atoms with van der Waals surface area (Å²) in [7, 11) is 8.33. The monoisotopic (exact) mass is 345 g/mol. The van der Waals surface area contributed by atoms with Crippen LogP contribution in [0.5, 0.6) is 0 Å². The molecule has 0 amide bonds. The zero-order valence-corrected chi connectivity index (χ0v) is 16.5. The fraction of sp³-hybridized carbons (Fsp3) is 0.292. The van der Waals surface area contributed by atoms with Crippen molar-refractivity contribution in [2.75, 3.05) is 33.1 Å². The van der Waals surface area contributed by atoms with Crippen LogP contribution in [-0.4, -0.2) is 38.5 Å². The van der Waals surface area contributed by atoms with Gasteiger partial charge in [0, 0.05) is 43.8 Å². The molecule has 3 rings (SSSR count). The van der Waals surface area contributed by atoms with Gasteiger partial charge in [0.1, 0.15) is 14.1 Å². The Hall–Kier alpha value is -2.61. The summed E-state index contributed by atoms with van der Waals surface area (Å²) in [6.45, 7) is 2.14. The van der Waals surface area contributed by atoms with Gasteiger partial charge in [0.15, 0.2) is 5.71 Å². The first-order valence-electron chi connectivity index (χ1n) is 9.20. The maximum absolute atomic E-state index is 2.33. The average Bonchev–Trinajstić information content (AvgIpc) is 2.64.